The highest BCUT2D eigenvalue weighted by Gasteiger charge is 2.26. The van der Waals surface area contributed by atoms with Crippen molar-refractivity contribution in [2.75, 3.05) is 13.1 Å². The van der Waals surface area contributed by atoms with E-state index in [4.69, 9.17) is 0 Å². The first kappa shape index (κ1) is 22.0. The molecule has 1 saturated carbocycles. The van der Waals surface area contributed by atoms with Crippen molar-refractivity contribution in [1.82, 2.24) is 14.2 Å². The molecular weight excluding hydrogens is 414 g/mol. The maximum Gasteiger partial charge on any atom is 0.256 e. The summed E-state index contributed by atoms with van der Waals surface area (Å²) in [6.07, 6.45) is 10.5. The zero-order chi connectivity index (χ0) is 22.0. The van der Waals surface area contributed by atoms with E-state index in [1.165, 1.54) is 16.8 Å². The number of amides is 1. The third-order valence-corrected chi connectivity index (χ3v) is 8.44. The van der Waals surface area contributed by atoms with Gasteiger partial charge in [-0.3, -0.25) is 9.59 Å². The van der Waals surface area contributed by atoms with Crippen LogP contribution in [0.4, 0.5) is 0 Å². The van der Waals surface area contributed by atoms with Gasteiger partial charge in [0.25, 0.3) is 5.91 Å². The van der Waals surface area contributed by atoms with Gasteiger partial charge in [-0.15, -0.1) is 0 Å². The van der Waals surface area contributed by atoms with E-state index >= 15 is 0 Å². The largest absolute Gasteiger partial charge is 0.350 e. The number of nitrogens with one attached hydrogen (secondary N) is 1. The molecule has 8 heteroatoms. The van der Waals surface area contributed by atoms with Crippen LogP contribution >= 0.6 is 0 Å². The molecular formula is C23H31N3O4S. The minimum atomic E-state index is -3.68. The summed E-state index contributed by atoms with van der Waals surface area (Å²) in [5, 5.41) is 3.25. The summed E-state index contributed by atoms with van der Waals surface area (Å²) in [5.41, 5.74) is 0.244. The number of pyridine rings is 1. The van der Waals surface area contributed by atoms with Crippen LogP contribution in [0.25, 0.3) is 10.9 Å². The van der Waals surface area contributed by atoms with E-state index in [0.717, 1.165) is 51.4 Å². The van der Waals surface area contributed by atoms with E-state index in [-0.39, 0.29) is 27.8 Å². The Morgan fingerprint density at radius 2 is 1.65 bits per heavy atom. The Labute approximate surface area is 183 Å². The smallest absolute Gasteiger partial charge is 0.256 e. The molecule has 0 spiro atoms. The van der Waals surface area contributed by atoms with E-state index in [1.807, 2.05) is 0 Å². The zero-order valence-corrected chi connectivity index (χ0v) is 18.9. The van der Waals surface area contributed by atoms with Crippen LogP contribution in [0.2, 0.25) is 0 Å². The summed E-state index contributed by atoms with van der Waals surface area (Å²) in [6.45, 7) is 1.00. The van der Waals surface area contributed by atoms with Gasteiger partial charge < -0.3 is 9.88 Å². The van der Waals surface area contributed by atoms with Crippen LogP contribution < -0.4 is 10.7 Å². The van der Waals surface area contributed by atoms with Crippen molar-refractivity contribution < 1.29 is 13.2 Å². The highest BCUT2D eigenvalue weighted by molar-refractivity contribution is 7.89. The van der Waals surface area contributed by atoms with Gasteiger partial charge in [0.15, 0.2) is 0 Å². The first-order chi connectivity index (χ1) is 14.9. The SMILES string of the molecule is Cn1cc(C(=O)NC2CCCCC2)c(=O)c2cc(S(=O)(=O)N3CCCCCC3)ccc21. The summed E-state index contributed by atoms with van der Waals surface area (Å²) in [5.74, 6) is -0.379. The van der Waals surface area contributed by atoms with Gasteiger partial charge in [-0.05, 0) is 43.9 Å². The lowest BCUT2D eigenvalue weighted by Gasteiger charge is -2.23. The zero-order valence-electron chi connectivity index (χ0n) is 18.1. The second-order valence-electron chi connectivity index (χ2n) is 8.79. The number of hydrogen-bond donors (Lipinski definition) is 1. The molecule has 0 atom stereocenters. The van der Waals surface area contributed by atoms with Crippen molar-refractivity contribution >= 4 is 26.8 Å². The predicted octanol–water partition coefficient (Wildman–Crippen LogP) is 3.17. The van der Waals surface area contributed by atoms with E-state index in [1.54, 1.807) is 29.9 Å². The molecule has 1 amide bonds. The van der Waals surface area contributed by atoms with E-state index in [0.29, 0.717) is 18.6 Å². The fourth-order valence-electron chi connectivity index (χ4n) is 4.73. The molecule has 2 fully saturated rings. The summed E-state index contributed by atoms with van der Waals surface area (Å²) in [6, 6.07) is 4.75. The first-order valence-electron chi connectivity index (χ1n) is 11.3. The number of fused-ring (bicyclic) bond motifs is 1. The maximum atomic E-state index is 13.2. The van der Waals surface area contributed by atoms with Crippen LogP contribution in [0.1, 0.15) is 68.1 Å². The Hall–Kier alpha value is -2.19. The number of carbonyl (C=O) groups is 1. The third kappa shape index (κ3) is 4.55. The van der Waals surface area contributed by atoms with E-state index in [9.17, 15) is 18.0 Å². The fraction of sp³-hybridized carbons (Fsp3) is 0.565. The Balaban J connectivity index is 1.70. The third-order valence-electron chi connectivity index (χ3n) is 6.55. The summed E-state index contributed by atoms with van der Waals surface area (Å²) in [4.78, 5) is 26.2. The molecule has 1 aromatic heterocycles. The Morgan fingerprint density at radius 1 is 1.00 bits per heavy atom. The molecule has 7 nitrogen and oxygen atoms in total. The summed E-state index contributed by atoms with van der Waals surface area (Å²) < 4.78 is 29.6. The highest BCUT2D eigenvalue weighted by Crippen LogP contribution is 2.23. The lowest BCUT2D eigenvalue weighted by atomic mass is 9.95. The van der Waals surface area contributed by atoms with Gasteiger partial charge in [0.1, 0.15) is 5.56 Å². The minimum absolute atomic E-state index is 0.0601. The molecule has 0 unspecified atom stereocenters. The van der Waals surface area contributed by atoms with E-state index < -0.39 is 15.5 Å². The minimum Gasteiger partial charge on any atom is -0.350 e. The van der Waals surface area contributed by atoms with Crippen LogP contribution in [0.5, 0.6) is 0 Å². The molecule has 1 aliphatic heterocycles. The van der Waals surface area contributed by atoms with Crippen LogP contribution in [0.3, 0.4) is 0 Å². The van der Waals surface area contributed by atoms with Crippen molar-refractivity contribution in [1.29, 1.82) is 0 Å². The lowest BCUT2D eigenvalue weighted by molar-refractivity contribution is 0.0926. The van der Waals surface area contributed by atoms with Crippen LogP contribution in [-0.2, 0) is 17.1 Å². The van der Waals surface area contributed by atoms with Gasteiger partial charge in [-0.2, -0.15) is 4.31 Å². The summed E-state index contributed by atoms with van der Waals surface area (Å²) >= 11 is 0. The number of nitrogens with zero attached hydrogens (tertiary/aromatic N) is 2. The van der Waals surface area contributed by atoms with E-state index in [2.05, 4.69) is 5.32 Å². The fourth-order valence-corrected chi connectivity index (χ4v) is 6.28. The van der Waals surface area contributed by atoms with Gasteiger partial charge >= 0.3 is 0 Å². The molecule has 31 heavy (non-hydrogen) atoms. The number of sulfonamides is 1. The molecule has 4 rings (SSSR count). The van der Waals surface area contributed by atoms with Crippen molar-refractivity contribution in [2.24, 2.45) is 7.05 Å². The monoisotopic (exact) mass is 445 g/mol. The van der Waals surface area contributed by atoms with Gasteiger partial charge in [0.05, 0.1) is 10.4 Å². The maximum absolute atomic E-state index is 13.2. The summed E-state index contributed by atoms with van der Waals surface area (Å²) in [7, 11) is -1.91. The Bertz CT molecular complexity index is 1130. The van der Waals surface area contributed by atoms with Gasteiger partial charge in [0, 0.05) is 37.8 Å². The van der Waals surface area contributed by atoms with Crippen LogP contribution in [0.15, 0.2) is 34.1 Å². The number of aromatic nitrogens is 1. The molecule has 0 bridgehead atoms. The second kappa shape index (κ2) is 9.12. The van der Waals surface area contributed by atoms with Crippen LogP contribution in [-0.4, -0.2) is 42.3 Å². The molecule has 1 aromatic carbocycles. The molecule has 2 aliphatic rings. The number of carbonyl (C=O) groups excluding carboxylic acids is 1. The average Bonchev–Trinajstić information content (AvgIpc) is 3.07. The van der Waals surface area contributed by atoms with Gasteiger partial charge in [0.2, 0.25) is 15.5 Å². The van der Waals surface area contributed by atoms with Gasteiger partial charge in [-0.25, -0.2) is 8.42 Å². The van der Waals surface area contributed by atoms with Crippen LogP contribution in [0, 0.1) is 0 Å². The predicted molar refractivity (Wildman–Crippen MR) is 121 cm³/mol. The lowest BCUT2D eigenvalue weighted by Crippen LogP contribution is -2.38. The molecule has 168 valence electrons. The molecule has 1 saturated heterocycles. The number of hydrogen-bond acceptors (Lipinski definition) is 4. The molecule has 2 heterocycles. The topological polar surface area (TPSA) is 88.5 Å². The average molecular weight is 446 g/mol. The normalized spacial score (nSPS) is 19.3. The van der Waals surface area contributed by atoms with Crippen molar-refractivity contribution in [3.8, 4) is 0 Å². The molecule has 1 aliphatic carbocycles. The number of aryl methyl sites for hydroxylation is 1. The Morgan fingerprint density at radius 3 is 2.32 bits per heavy atom. The highest BCUT2D eigenvalue weighted by atomic mass is 32.2. The Kier molecular flexibility index (Phi) is 6.48. The number of rotatable bonds is 4. The van der Waals surface area contributed by atoms with Crippen molar-refractivity contribution in [2.45, 2.75) is 68.7 Å². The molecule has 2 aromatic rings. The van der Waals surface area contributed by atoms with Crippen molar-refractivity contribution in [3.63, 3.8) is 0 Å². The second-order valence-corrected chi connectivity index (χ2v) is 10.7. The standard InChI is InChI=1S/C23H31N3O4S/c1-25-16-20(23(28)24-17-9-5-4-6-10-17)22(27)19-15-18(11-12-21(19)25)31(29,30)26-13-7-2-3-8-14-26/h11-12,15-17H,2-10,13-14H2,1H3,(H,24,28). The number of benzene rings is 1. The van der Waals surface area contributed by atoms with Gasteiger partial charge in [-0.1, -0.05) is 32.1 Å². The molecule has 0 radical (unpaired) electrons. The van der Waals surface area contributed by atoms with Crippen molar-refractivity contribution in [3.05, 3.63) is 40.2 Å². The quantitative estimate of drug-likeness (QED) is 0.783. The molecule has 1 N–H and O–H groups in total. The first-order valence-corrected chi connectivity index (χ1v) is 12.8.